The number of nitrogens with one attached hydrogen (secondary N) is 2. The van der Waals surface area contributed by atoms with Crippen molar-refractivity contribution in [2.45, 2.75) is 39.2 Å². The molecule has 1 aromatic rings. The second-order valence-electron chi connectivity index (χ2n) is 4.76. The van der Waals surface area contributed by atoms with E-state index < -0.39 is 0 Å². The Morgan fingerprint density at radius 2 is 2.00 bits per heavy atom. The van der Waals surface area contributed by atoms with Gasteiger partial charge in [-0.05, 0) is 43.7 Å². The van der Waals surface area contributed by atoms with Gasteiger partial charge in [0.05, 0.1) is 0 Å². The number of amides is 2. The van der Waals surface area contributed by atoms with Crippen molar-refractivity contribution in [1.29, 1.82) is 0 Å². The molecule has 2 rings (SSSR count). The van der Waals surface area contributed by atoms with Crippen molar-refractivity contribution in [3.8, 4) is 0 Å². The lowest BCUT2D eigenvalue weighted by Crippen LogP contribution is -2.32. The summed E-state index contributed by atoms with van der Waals surface area (Å²) in [5.74, 6) is 0. The molecule has 96 valence electrons. The molecule has 0 bridgehead atoms. The van der Waals surface area contributed by atoms with Gasteiger partial charge in [-0.25, -0.2) is 4.79 Å². The second-order valence-corrected chi connectivity index (χ2v) is 4.76. The van der Waals surface area contributed by atoms with Crippen molar-refractivity contribution in [2.75, 3.05) is 0 Å². The SMILES string of the molecule is Cc1ccccc1CNC(=O)NC=C1CCCC1. The van der Waals surface area contributed by atoms with Crippen molar-refractivity contribution in [2.24, 2.45) is 0 Å². The highest BCUT2D eigenvalue weighted by molar-refractivity contribution is 5.75. The first-order chi connectivity index (χ1) is 8.75. The minimum Gasteiger partial charge on any atom is -0.334 e. The zero-order valence-electron chi connectivity index (χ0n) is 10.8. The number of rotatable bonds is 3. The van der Waals surface area contributed by atoms with Gasteiger partial charge in [-0.3, -0.25) is 0 Å². The molecule has 1 aliphatic rings. The molecule has 1 aromatic carbocycles. The van der Waals surface area contributed by atoms with Gasteiger partial charge in [0.1, 0.15) is 0 Å². The summed E-state index contributed by atoms with van der Waals surface area (Å²) in [4.78, 5) is 11.6. The second kappa shape index (κ2) is 6.24. The predicted octanol–water partition coefficient (Wildman–Crippen LogP) is 3.25. The highest BCUT2D eigenvalue weighted by atomic mass is 16.2. The van der Waals surface area contributed by atoms with Crippen LogP contribution in [0.2, 0.25) is 0 Å². The van der Waals surface area contributed by atoms with Crippen LogP contribution in [0, 0.1) is 6.92 Å². The maximum atomic E-state index is 11.6. The van der Waals surface area contributed by atoms with Crippen LogP contribution in [0.1, 0.15) is 36.8 Å². The molecule has 0 aromatic heterocycles. The first kappa shape index (κ1) is 12.7. The summed E-state index contributed by atoms with van der Waals surface area (Å²) in [6.07, 6.45) is 6.60. The molecule has 2 N–H and O–H groups in total. The summed E-state index contributed by atoms with van der Waals surface area (Å²) < 4.78 is 0. The normalized spacial score (nSPS) is 14.4. The Kier molecular flexibility index (Phi) is 4.40. The molecular formula is C15H20N2O. The molecule has 0 aliphatic heterocycles. The summed E-state index contributed by atoms with van der Waals surface area (Å²) in [5.41, 5.74) is 3.70. The highest BCUT2D eigenvalue weighted by Gasteiger charge is 2.06. The van der Waals surface area contributed by atoms with Crippen LogP contribution in [0.5, 0.6) is 0 Å². The molecule has 2 amide bonds. The molecule has 0 saturated heterocycles. The van der Waals surface area contributed by atoms with Gasteiger partial charge >= 0.3 is 6.03 Å². The minimum absolute atomic E-state index is 0.127. The Labute approximate surface area is 108 Å². The number of urea groups is 1. The predicted molar refractivity (Wildman–Crippen MR) is 73.1 cm³/mol. The Bertz CT molecular complexity index is 444. The Morgan fingerprint density at radius 3 is 2.72 bits per heavy atom. The van der Waals surface area contributed by atoms with E-state index in [1.54, 1.807) is 0 Å². The van der Waals surface area contributed by atoms with E-state index in [4.69, 9.17) is 0 Å². The van der Waals surface area contributed by atoms with Gasteiger partial charge in [-0.15, -0.1) is 0 Å². The van der Waals surface area contributed by atoms with Gasteiger partial charge in [0, 0.05) is 12.7 Å². The zero-order valence-corrected chi connectivity index (χ0v) is 10.8. The molecule has 0 atom stereocenters. The lowest BCUT2D eigenvalue weighted by atomic mass is 10.1. The first-order valence-corrected chi connectivity index (χ1v) is 6.52. The Hall–Kier alpha value is -1.77. The van der Waals surface area contributed by atoms with Crippen LogP contribution in [-0.4, -0.2) is 6.03 Å². The standard InChI is InChI=1S/C15H20N2O/c1-12-6-2-5-9-14(12)11-17-15(18)16-10-13-7-3-4-8-13/h2,5-6,9-10H,3-4,7-8,11H2,1H3,(H2,16,17,18). The van der Waals surface area contributed by atoms with Crippen molar-refractivity contribution in [1.82, 2.24) is 10.6 Å². The van der Waals surface area contributed by atoms with Crippen LogP contribution < -0.4 is 10.6 Å². The summed E-state index contributed by atoms with van der Waals surface area (Å²) >= 11 is 0. The molecule has 18 heavy (non-hydrogen) atoms. The fourth-order valence-electron chi connectivity index (χ4n) is 2.18. The van der Waals surface area contributed by atoms with E-state index >= 15 is 0 Å². The largest absolute Gasteiger partial charge is 0.334 e. The van der Waals surface area contributed by atoms with Crippen LogP contribution in [0.15, 0.2) is 36.0 Å². The van der Waals surface area contributed by atoms with Gasteiger partial charge in [0.15, 0.2) is 0 Å². The number of hydrogen-bond acceptors (Lipinski definition) is 1. The summed E-state index contributed by atoms with van der Waals surface area (Å²) in [6, 6.07) is 7.95. The number of carbonyl (C=O) groups is 1. The molecule has 3 nitrogen and oxygen atoms in total. The van der Waals surface area contributed by atoms with Crippen LogP contribution in [0.4, 0.5) is 4.79 Å². The number of carbonyl (C=O) groups excluding carboxylic acids is 1. The van der Waals surface area contributed by atoms with Crippen LogP contribution in [-0.2, 0) is 6.54 Å². The summed E-state index contributed by atoms with van der Waals surface area (Å²) in [7, 11) is 0. The molecule has 1 aliphatic carbocycles. The number of allylic oxidation sites excluding steroid dienone is 1. The zero-order chi connectivity index (χ0) is 12.8. The van der Waals surface area contributed by atoms with E-state index in [2.05, 4.69) is 23.6 Å². The molecular weight excluding hydrogens is 224 g/mol. The van der Waals surface area contributed by atoms with Crippen molar-refractivity contribution < 1.29 is 4.79 Å². The van der Waals surface area contributed by atoms with E-state index in [1.165, 1.54) is 24.0 Å². The molecule has 3 heteroatoms. The van der Waals surface area contributed by atoms with Crippen LogP contribution in [0.3, 0.4) is 0 Å². The average Bonchev–Trinajstić information content (AvgIpc) is 2.88. The van der Waals surface area contributed by atoms with E-state index in [1.807, 2.05) is 24.4 Å². The molecule has 0 spiro atoms. The molecule has 1 fully saturated rings. The molecule has 1 saturated carbocycles. The van der Waals surface area contributed by atoms with E-state index in [0.717, 1.165) is 18.4 Å². The minimum atomic E-state index is -0.127. The lowest BCUT2D eigenvalue weighted by molar-refractivity contribution is 0.243. The third-order valence-electron chi connectivity index (χ3n) is 3.35. The van der Waals surface area contributed by atoms with Gasteiger partial charge in [0.2, 0.25) is 0 Å². The number of benzene rings is 1. The monoisotopic (exact) mass is 244 g/mol. The maximum absolute atomic E-state index is 11.6. The quantitative estimate of drug-likeness (QED) is 0.842. The van der Waals surface area contributed by atoms with E-state index in [-0.39, 0.29) is 6.03 Å². The van der Waals surface area contributed by atoms with Gasteiger partial charge in [0.25, 0.3) is 0 Å². The lowest BCUT2D eigenvalue weighted by Gasteiger charge is -2.07. The van der Waals surface area contributed by atoms with Gasteiger partial charge < -0.3 is 10.6 Å². The Morgan fingerprint density at radius 1 is 1.28 bits per heavy atom. The third kappa shape index (κ3) is 3.62. The fourth-order valence-corrected chi connectivity index (χ4v) is 2.18. The molecule has 0 unspecified atom stereocenters. The van der Waals surface area contributed by atoms with Gasteiger partial charge in [-0.1, -0.05) is 29.8 Å². The maximum Gasteiger partial charge on any atom is 0.319 e. The molecule has 0 radical (unpaired) electrons. The third-order valence-corrected chi connectivity index (χ3v) is 3.35. The first-order valence-electron chi connectivity index (χ1n) is 6.52. The van der Waals surface area contributed by atoms with Crippen molar-refractivity contribution in [3.63, 3.8) is 0 Å². The van der Waals surface area contributed by atoms with Crippen molar-refractivity contribution >= 4 is 6.03 Å². The Balaban J connectivity index is 1.78. The summed E-state index contributed by atoms with van der Waals surface area (Å²) in [6.45, 7) is 2.62. The fraction of sp³-hybridized carbons (Fsp3) is 0.400. The number of aryl methyl sites for hydroxylation is 1. The average molecular weight is 244 g/mol. The topological polar surface area (TPSA) is 41.1 Å². The van der Waals surface area contributed by atoms with E-state index in [9.17, 15) is 4.79 Å². The summed E-state index contributed by atoms with van der Waals surface area (Å²) in [5, 5.41) is 5.67. The smallest absolute Gasteiger partial charge is 0.319 e. The van der Waals surface area contributed by atoms with E-state index in [0.29, 0.717) is 6.54 Å². The molecule has 0 heterocycles. The van der Waals surface area contributed by atoms with Crippen LogP contribution >= 0.6 is 0 Å². The van der Waals surface area contributed by atoms with Gasteiger partial charge in [-0.2, -0.15) is 0 Å². The number of hydrogen-bond donors (Lipinski definition) is 2. The van der Waals surface area contributed by atoms with Crippen LogP contribution in [0.25, 0.3) is 0 Å². The highest BCUT2D eigenvalue weighted by Crippen LogP contribution is 2.22. The van der Waals surface area contributed by atoms with Crippen molar-refractivity contribution in [3.05, 3.63) is 47.2 Å².